The third kappa shape index (κ3) is 8.88. The lowest BCUT2D eigenvalue weighted by Gasteiger charge is -2.38. The second kappa shape index (κ2) is 15.6. The SMILES string of the molecule is CN[C@H](C(=O)NC(C(=O)N(C)C/C=C(\C)C(=O)NCCCC(=O)ON1C(=O)CCC1=O)C(C)(C)C)C(C)(C)c1cn(C)c2ccccc12. The average Bonchev–Trinajstić information content (AvgIpc) is 3.53. The van der Waals surface area contributed by atoms with Gasteiger partial charge in [0.15, 0.2) is 0 Å². The van der Waals surface area contributed by atoms with Crippen molar-refractivity contribution in [2.45, 2.75) is 84.7 Å². The van der Waals surface area contributed by atoms with Crippen molar-refractivity contribution in [3.8, 4) is 0 Å². The fourth-order valence-electron chi connectivity index (χ4n) is 5.76. The number of fused-ring (bicyclic) bond motifs is 1. The molecular weight excluding hydrogens is 616 g/mol. The predicted molar refractivity (Wildman–Crippen MR) is 181 cm³/mol. The molecule has 1 fully saturated rings. The molecule has 3 N–H and O–H groups in total. The van der Waals surface area contributed by atoms with Crippen molar-refractivity contribution in [2.75, 3.05) is 27.2 Å². The van der Waals surface area contributed by atoms with Crippen LogP contribution < -0.4 is 16.0 Å². The zero-order chi connectivity index (χ0) is 36.0. The van der Waals surface area contributed by atoms with Gasteiger partial charge in [-0.1, -0.05) is 58.9 Å². The zero-order valence-corrected chi connectivity index (χ0v) is 29.6. The number of aryl methyl sites for hydroxylation is 1. The molecule has 1 unspecified atom stereocenters. The molecule has 5 amide bonds. The summed E-state index contributed by atoms with van der Waals surface area (Å²) in [6.45, 7) is 11.6. The molecule has 1 aromatic heterocycles. The Hall–Kier alpha value is -4.52. The van der Waals surface area contributed by atoms with Crippen molar-refractivity contribution in [2.24, 2.45) is 12.5 Å². The molecule has 3 rings (SSSR count). The Balaban J connectivity index is 1.59. The number of benzene rings is 1. The van der Waals surface area contributed by atoms with E-state index in [1.54, 1.807) is 27.1 Å². The molecule has 0 spiro atoms. The van der Waals surface area contributed by atoms with Crippen molar-refractivity contribution in [3.63, 3.8) is 0 Å². The molecule has 0 bridgehead atoms. The third-order valence-electron chi connectivity index (χ3n) is 8.71. The maximum absolute atomic E-state index is 13.9. The van der Waals surface area contributed by atoms with E-state index in [9.17, 15) is 28.8 Å². The Labute approximate surface area is 282 Å². The van der Waals surface area contributed by atoms with Crippen LogP contribution in [0, 0.1) is 5.41 Å². The summed E-state index contributed by atoms with van der Waals surface area (Å²) in [5, 5.41) is 10.5. The van der Waals surface area contributed by atoms with E-state index in [-0.39, 0.29) is 56.5 Å². The van der Waals surface area contributed by atoms with Crippen LogP contribution in [0.15, 0.2) is 42.1 Å². The van der Waals surface area contributed by atoms with Crippen LogP contribution in [0.2, 0.25) is 0 Å². The van der Waals surface area contributed by atoms with Gasteiger partial charge in [0, 0.05) is 74.5 Å². The summed E-state index contributed by atoms with van der Waals surface area (Å²) in [5.41, 5.74) is 1.20. The number of hydrogen-bond acceptors (Lipinski definition) is 8. The fraction of sp³-hybridized carbons (Fsp3) is 0.543. The van der Waals surface area contributed by atoms with Gasteiger partial charge in [-0.15, -0.1) is 5.06 Å². The molecule has 1 aliphatic rings. The third-order valence-corrected chi connectivity index (χ3v) is 8.71. The van der Waals surface area contributed by atoms with E-state index in [1.165, 1.54) is 4.90 Å². The first-order valence-corrected chi connectivity index (χ1v) is 16.2. The van der Waals surface area contributed by atoms with Crippen LogP contribution in [0.5, 0.6) is 0 Å². The highest BCUT2D eigenvalue weighted by molar-refractivity contribution is 6.01. The predicted octanol–water partition coefficient (Wildman–Crippen LogP) is 2.48. The minimum Gasteiger partial charge on any atom is -0.352 e. The lowest BCUT2D eigenvalue weighted by molar-refractivity contribution is -0.197. The lowest BCUT2D eigenvalue weighted by Crippen LogP contribution is -2.60. The number of likely N-dealkylation sites (N-methyl/N-ethyl adjacent to an activating group) is 2. The average molecular weight is 667 g/mol. The number of imide groups is 1. The van der Waals surface area contributed by atoms with E-state index >= 15 is 0 Å². The molecular formula is C35H50N6O7. The number of nitrogens with zero attached hydrogens (tertiary/aromatic N) is 3. The van der Waals surface area contributed by atoms with Crippen LogP contribution in [0.25, 0.3) is 10.9 Å². The molecule has 0 radical (unpaired) electrons. The molecule has 2 aromatic rings. The normalized spacial score (nSPS) is 15.4. The van der Waals surface area contributed by atoms with Gasteiger partial charge >= 0.3 is 5.97 Å². The Kier molecular flexibility index (Phi) is 12.3. The highest BCUT2D eigenvalue weighted by Crippen LogP contribution is 2.35. The summed E-state index contributed by atoms with van der Waals surface area (Å²) in [6, 6.07) is 6.55. The number of aromatic nitrogens is 1. The molecule has 262 valence electrons. The standard InChI is InChI=1S/C35H50N6O7/c1-22(31(45)37-19-12-15-28(44)48-41-26(42)16-17-27(41)43)18-20-39(8)33(47)30(34(2,3)4)38-32(46)29(36-7)35(5,6)24-21-40(9)25-14-11-10-13-23(24)25/h10-11,13-14,18,21,29-30,36H,12,15-17,19-20H2,1-9H3,(H,37,45)(H,38,46)/b22-18+/t29-,30?/m1/s1. The van der Waals surface area contributed by atoms with Crippen molar-refractivity contribution in [3.05, 3.63) is 47.7 Å². The first-order chi connectivity index (χ1) is 22.4. The molecule has 1 aliphatic heterocycles. The number of carbonyl (C=O) groups is 6. The van der Waals surface area contributed by atoms with E-state index in [1.807, 2.05) is 76.7 Å². The fourth-order valence-corrected chi connectivity index (χ4v) is 5.76. The Morgan fingerprint density at radius 2 is 1.65 bits per heavy atom. The van der Waals surface area contributed by atoms with Gasteiger partial charge < -0.3 is 30.3 Å². The van der Waals surface area contributed by atoms with Crippen LogP contribution in [0.3, 0.4) is 0 Å². The first kappa shape index (κ1) is 37.9. The highest BCUT2D eigenvalue weighted by Gasteiger charge is 2.41. The second-order valence-corrected chi connectivity index (χ2v) is 13.9. The molecule has 13 nitrogen and oxygen atoms in total. The largest absolute Gasteiger partial charge is 0.352 e. The van der Waals surface area contributed by atoms with Gasteiger partial charge in [0.2, 0.25) is 17.7 Å². The Morgan fingerprint density at radius 1 is 1.02 bits per heavy atom. The molecule has 2 heterocycles. The Morgan fingerprint density at radius 3 is 2.25 bits per heavy atom. The van der Waals surface area contributed by atoms with E-state index < -0.39 is 40.7 Å². The number of hydroxylamine groups is 2. The van der Waals surface area contributed by atoms with Crippen LogP contribution in [0.4, 0.5) is 0 Å². The van der Waals surface area contributed by atoms with Gasteiger partial charge in [0.1, 0.15) is 6.04 Å². The number of amides is 5. The van der Waals surface area contributed by atoms with E-state index in [0.717, 1.165) is 16.5 Å². The van der Waals surface area contributed by atoms with Crippen LogP contribution in [0.1, 0.15) is 72.8 Å². The first-order valence-electron chi connectivity index (χ1n) is 16.2. The maximum atomic E-state index is 13.9. The van der Waals surface area contributed by atoms with Gasteiger partial charge in [0.25, 0.3) is 11.8 Å². The minimum absolute atomic E-state index is 0.0157. The summed E-state index contributed by atoms with van der Waals surface area (Å²) in [7, 11) is 5.33. The number of para-hydroxylation sites is 1. The Bertz CT molecular complexity index is 1570. The van der Waals surface area contributed by atoms with Gasteiger partial charge in [-0.25, -0.2) is 4.79 Å². The quantitative estimate of drug-likeness (QED) is 0.158. The van der Waals surface area contributed by atoms with Gasteiger partial charge in [-0.3, -0.25) is 24.0 Å². The van der Waals surface area contributed by atoms with Crippen molar-refractivity contribution in [1.82, 2.24) is 30.5 Å². The summed E-state index contributed by atoms with van der Waals surface area (Å²) in [4.78, 5) is 81.6. The summed E-state index contributed by atoms with van der Waals surface area (Å²) >= 11 is 0. The number of hydrogen-bond donors (Lipinski definition) is 3. The van der Waals surface area contributed by atoms with E-state index in [0.29, 0.717) is 10.6 Å². The number of rotatable bonds is 14. The topological polar surface area (TPSA) is 159 Å². The van der Waals surface area contributed by atoms with Gasteiger partial charge in [0.05, 0.1) is 6.04 Å². The maximum Gasteiger partial charge on any atom is 0.333 e. The van der Waals surface area contributed by atoms with Crippen LogP contribution in [-0.2, 0) is 46.1 Å². The van der Waals surface area contributed by atoms with Crippen molar-refractivity contribution in [1.29, 1.82) is 0 Å². The molecule has 48 heavy (non-hydrogen) atoms. The molecule has 1 aromatic carbocycles. The van der Waals surface area contributed by atoms with Crippen LogP contribution >= 0.6 is 0 Å². The van der Waals surface area contributed by atoms with Gasteiger partial charge in [-0.05, 0) is 37.4 Å². The number of carbonyl (C=O) groups excluding carboxylic acids is 6. The smallest absolute Gasteiger partial charge is 0.333 e. The van der Waals surface area contributed by atoms with Crippen molar-refractivity contribution < 1.29 is 33.6 Å². The van der Waals surface area contributed by atoms with E-state index in [2.05, 4.69) is 16.0 Å². The monoisotopic (exact) mass is 666 g/mol. The molecule has 0 aliphatic carbocycles. The van der Waals surface area contributed by atoms with Gasteiger partial charge in [-0.2, -0.15) is 0 Å². The zero-order valence-electron chi connectivity index (χ0n) is 29.6. The van der Waals surface area contributed by atoms with Crippen molar-refractivity contribution >= 4 is 46.4 Å². The minimum atomic E-state index is -0.845. The van der Waals surface area contributed by atoms with Crippen LogP contribution in [-0.4, -0.2) is 89.3 Å². The number of nitrogens with one attached hydrogen (secondary N) is 3. The second-order valence-electron chi connectivity index (χ2n) is 13.9. The summed E-state index contributed by atoms with van der Waals surface area (Å²) in [6.07, 6.45) is 3.84. The summed E-state index contributed by atoms with van der Waals surface area (Å²) in [5.74, 6) is -2.81. The molecule has 13 heteroatoms. The molecule has 1 saturated heterocycles. The molecule has 0 saturated carbocycles. The summed E-state index contributed by atoms with van der Waals surface area (Å²) < 4.78 is 2.05. The van der Waals surface area contributed by atoms with E-state index in [4.69, 9.17) is 4.84 Å². The molecule has 2 atom stereocenters. The highest BCUT2D eigenvalue weighted by atomic mass is 16.7. The lowest BCUT2D eigenvalue weighted by atomic mass is 9.76.